The summed E-state index contributed by atoms with van der Waals surface area (Å²) in [6, 6.07) is 10.0. The summed E-state index contributed by atoms with van der Waals surface area (Å²) < 4.78 is 7.55. The van der Waals surface area contributed by atoms with Crippen LogP contribution in [-0.4, -0.2) is 49.3 Å². The Morgan fingerprint density at radius 2 is 1.97 bits per heavy atom. The van der Waals surface area contributed by atoms with Crippen LogP contribution in [0.2, 0.25) is 5.02 Å². The van der Waals surface area contributed by atoms with Crippen molar-refractivity contribution in [2.45, 2.75) is 40.3 Å². The molecule has 0 saturated heterocycles. The second-order valence-electron chi connectivity index (χ2n) is 8.32. The van der Waals surface area contributed by atoms with Gasteiger partial charge < -0.3 is 14.7 Å². The molecular formula is C26H28ClN5O3. The molecule has 2 aromatic heterocycles. The number of hydrogen-bond acceptors (Lipinski definition) is 6. The van der Waals surface area contributed by atoms with E-state index in [4.69, 9.17) is 16.3 Å². The van der Waals surface area contributed by atoms with E-state index in [9.17, 15) is 9.90 Å². The fourth-order valence-corrected chi connectivity index (χ4v) is 4.08. The lowest BCUT2D eigenvalue weighted by Crippen LogP contribution is -2.27. The van der Waals surface area contributed by atoms with Crippen molar-refractivity contribution >= 4 is 28.4 Å². The topological polar surface area (TPSA) is 93.4 Å². The smallest absolute Gasteiger partial charge is 0.273 e. The number of nitrogens with zero attached hydrogens (tertiary/aromatic N) is 5. The Morgan fingerprint density at radius 3 is 2.66 bits per heavy atom. The fraction of sp³-hybridized carbons (Fsp3) is 0.308. The number of aryl methyl sites for hydroxylation is 1. The van der Waals surface area contributed by atoms with Gasteiger partial charge in [0.05, 0.1) is 23.3 Å². The van der Waals surface area contributed by atoms with Crippen LogP contribution in [0.15, 0.2) is 42.6 Å². The van der Waals surface area contributed by atoms with Crippen molar-refractivity contribution < 1.29 is 14.6 Å². The molecule has 0 spiro atoms. The van der Waals surface area contributed by atoms with Gasteiger partial charge in [0, 0.05) is 42.3 Å². The number of benzene rings is 2. The summed E-state index contributed by atoms with van der Waals surface area (Å²) in [4.78, 5) is 24.4. The minimum atomic E-state index is -0.290. The molecule has 0 aliphatic carbocycles. The molecule has 0 bridgehead atoms. The molecule has 0 saturated carbocycles. The highest BCUT2D eigenvalue weighted by molar-refractivity contribution is 6.32. The van der Waals surface area contributed by atoms with Crippen molar-refractivity contribution in [1.29, 1.82) is 0 Å². The first-order chi connectivity index (χ1) is 16.8. The van der Waals surface area contributed by atoms with Gasteiger partial charge in [-0.1, -0.05) is 18.5 Å². The Kier molecular flexibility index (Phi) is 7.21. The second-order valence-corrected chi connectivity index (χ2v) is 8.73. The number of fused-ring (bicyclic) bond motifs is 1. The summed E-state index contributed by atoms with van der Waals surface area (Å²) in [5.74, 6) is 0.689. The monoisotopic (exact) mass is 493 g/mol. The van der Waals surface area contributed by atoms with E-state index >= 15 is 0 Å². The number of rotatable bonds is 8. The summed E-state index contributed by atoms with van der Waals surface area (Å²) in [5, 5.41) is 15.4. The molecule has 9 heteroatoms. The lowest BCUT2D eigenvalue weighted by atomic mass is 10.1. The lowest BCUT2D eigenvalue weighted by molar-refractivity contribution is 0.0781. The number of hydrogen-bond donors (Lipinski definition) is 1. The van der Waals surface area contributed by atoms with Gasteiger partial charge in [-0.05, 0) is 56.7 Å². The Bertz CT molecular complexity index is 1390. The van der Waals surface area contributed by atoms with E-state index in [0.717, 1.165) is 24.2 Å². The van der Waals surface area contributed by atoms with Gasteiger partial charge in [0.2, 0.25) is 0 Å². The molecule has 0 atom stereocenters. The van der Waals surface area contributed by atoms with E-state index in [1.54, 1.807) is 36.3 Å². The van der Waals surface area contributed by atoms with Crippen LogP contribution in [0.25, 0.3) is 22.3 Å². The average molecular weight is 494 g/mol. The predicted octanol–water partition coefficient (Wildman–Crippen LogP) is 5.24. The molecule has 2 aromatic carbocycles. The van der Waals surface area contributed by atoms with Crippen molar-refractivity contribution in [2.24, 2.45) is 0 Å². The molecule has 1 amide bonds. The van der Waals surface area contributed by atoms with Crippen molar-refractivity contribution in [2.75, 3.05) is 13.7 Å². The van der Waals surface area contributed by atoms with Crippen LogP contribution < -0.4 is 4.74 Å². The maximum absolute atomic E-state index is 13.6. The molecule has 1 N–H and O–H groups in total. The second kappa shape index (κ2) is 10.3. The highest BCUT2D eigenvalue weighted by Gasteiger charge is 2.21. The number of aromatic nitrogens is 4. The van der Waals surface area contributed by atoms with Crippen LogP contribution in [0.5, 0.6) is 11.5 Å². The normalized spacial score (nSPS) is 11.1. The number of phenols is 1. The minimum absolute atomic E-state index is 0.0334. The Morgan fingerprint density at radius 1 is 1.17 bits per heavy atom. The van der Waals surface area contributed by atoms with Crippen LogP contribution in [0.3, 0.4) is 0 Å². The molecule has 0 fully saturated rings. The van der Waals surface area contributed by atoms with Gasteiger partial charge in [-0.3, -0.25) is 9.48 Å². The van der Waals surface area contributed by atoms with E-state index in [-0.39, 0.29) is 17.4 Å². The molecule has 4 rings (SSSR count). The summed E-state index contributed by atoms with van der Waals surface area (Å²) in [5.41, 5.74) is 3.37. The van der Waals surface area contributed by atoms with E-state index in [1.165, 1.54) is 12.1 Å². The zero-order valence-corrected chi connectivity index (χ0v) is 21.0. The van der Waals surface area contributed by atoms with Gasteiger partial charge in [0.25, 0.3) is 5.91 Å². The number of phenolic OH excluding ortho intramolecular Hbond substituents is 1. The van der Waals surface area contributed by atoms with Crippen molar-refractivity contribution in [1.82, 2.24) is 24.6 Å². The van der Waals surface area contributed by atoms with E-state index in [0.29, 0.717) is 46.2 Å². The molecule has 0 radical (unpaired) electrons. The van der Waals surface area contributed by atoms with Crippen molar-refractivity contribution in [3.63, 3.8) is 0 Å². The average Bonchev–Trinajstić information content (AvgIpc) is 3.21. The number of amides is 1. The van der Waals surface area contributed by atoms with E-state index in [2.05, 4.69) is 15.1 Å². The van der Waals surface area contributed by atoms with Crippen LogP contribution >= 0.6 is 11.6 Å². The fourth-order valence-electron chi connectivity index (χ4n) is 3.84. The van der Waals surface area contributed by atoms with Crippen LogP contribution in [0, 0.1) is 6.92 Å². The first-order valence-corrected chi connectivity index (χ1v) is 11.9. The molecule has 0 aliphatic rings. The van der Waals surface area contributed by atoms with Gasteiger partial charge in [0.1, 0.15) is 17.2 Å². The van der Waals surface area contributed by atoms with Gasteiger partial charge >= 0.3 is 0 Å². The number of carbonyl (C=O) groups excluding carboxylic acids is 1. The molecular weight excluding hydrogens is 466 g/mol. The van der Waals surface area contributed by atoms with Gasteiger partial charge in [0.15, 0.2) is 5.82 Å². The summed E-state index contributed by atoms with van der Waals surface area (Å²) >= 11 is 6.43. The highest BCUT2D eigenvalue weighted by Crippen LogP contribution is 2.31. The number of carbonyl (C=O) groups is 1. The molecule has 4 aromatic rings. The summed E-state index contributed by atoms with van der Waals surface area (Å²) in [7, 11) is 1.72. The van der Waals surface area contributed by atoms with Crippen molar-refractivity contribution in [3.05, 3.63) is 64.6 Å². The Labute approximate surface area is 209 Å². The standard InChI is InChI=1S/C26H28ClN5O3/c1-5-11-35-23-10-7-17(12-21(23)27)25-29-22-9-8-19(33)13-20(22)24(30-25)26(34)31(4)15-18-14-28-32(6-2)16(18)3/h7-10,12-14,33H,5-6,11,15H2,1-4H3. The largest absolute Gasteiger partial charge is 0.508 e. The third-order valence-corrected chi connectivity index (χ3v) is 6.09. The maximum Gasteiger partial charge on any atom is 0.273 e. The minimum Gasteiger partial charge on any atom is -0.508 e. The number of ether oxygens (including phenoxy) is 1. The molecule has 2 heterocycles. The number of aromatic hydroxyl groups is 1. The van der Waals surface area contributed by atoms with Crippen LogP contribution in [0.4, 0.5) is 0 Å². The molecule has 0 unspecified atom stereocenters. The van der Waals surface area contributed by atoms with Gasteiger partial charge in [-0.2, -0.15) is 5.10 Å². The van der Waals surface area contributed by atoms with E-state index in [1.807, 2.05) is 31.5 Å². The van der Waals surface area contributed by atoms with Crippen molar-refractivity contribution in [3.8, 4) is 22.9 Å². The van der Waals surface area contributed by atoms with Gasteiger partial charge in [-0.25, -0.2) is 9.97 Å². The zero-order valence-electron chi connectivity index (χ0n) is 20.2. The first kappa shape index (κ1) is 24.5. The quantitative estimate of drug-likeness (QED) is 0.360. The molecule has 8 nitrogen and oxygen atoms in total. The lowest BCUT2D eigenvalue weighted by Gasteiger charge is -2.18. The molecule has 182 valence electrons. The molecule has 35 heavy (non-hydrogen) atoms. The first-order valence-electron chi connectivity index (χ1n) is 11.5. The summed E-state index contributed by atoms with van der Waals surface area (Å²) in [6.45, 7) is 7.73. The van der Waals surface area contributed by atoms with Crippen LogP contribution in [0.1, 0.15) is 42.0 Å². The maximum atomic E-state index is 13.6. The Hall–Kier alpha value is -3.65. The van der Waals surface area contributed by atoms with E-state index < -0.39 is 0 Å². The molecule has 0 aliphatic heterocycles. The Balaban J connectivity index is 1.73. The third kappa shape index (κ3) is 5.07. The predicted molar refractivity (Wildman–Crippen MR) is 136 cm³/mol. The third-order valence-electron chi connectivity index (χ3n) is 5.79. The highest BCUT2D eigenvalue weighted by atomic mass is 35.5. The number of halogens is 1. The van der Waals surface area contributed by atoms with Gasteiger partial charge in [-0.15, -0.1) is 0 Å². The SMILES string of the molecule is CCCOc1ccc(-c2nc(C(=O)N(C)Cc3cnn(CC)c3C)c3cc(O)ccc3n2)cc1Cl. The van der Waals surface area contributed by atoms with Crippen LogP contribution in [-0.2, 0) is 13.1 Å². The summed E-state index contributed by atoms with van der Waals surface area (Å²) in [6.07, 6.45) is 2.65. The zero-order chi connectivity index (χ0) is 25.1.